The molecular formula is C14H16BN3O7. The zero-order valence-electron chi connectivity index (χ0n) is 13.0. The van der Waals surface area contributed by atoms with Crippen LogP contribution < -0.4 is 10.6 Å². The van der Waals surface area contributed by atoms with Crippen LogP contribution in [0.5, 0.6) is 5.75 Å². The average Bonchev–Trinajstić information content (AvgIpc) is 2.77. The second-order valence-electron chi connectivity index (χ2n) is 6.09. The summed E-state index contributed by atoms with van der Waals surface area (Å²) in [4.78, 5) is 36.5. The Bertz CT molecular complexity index is 750. The number of urea groups is 1. The molecule has 1 atom stereocenters. The van der Waals surface area contributed by atoms with Gasteiger partial charge in [-0.1, -0.05) is 12.1 Å². The molecule has 1 aromatic carbocycles. The van der Waals surface area contributed by atoms with Crippen LogP contribution in [0, 0.1) is 0 Å². The number of nitrogens with one attached hydrogen (secondary N) is 2. The molecule has 2 aliphatic rings. The molecule has 1 aromatic rings. The fraction of sp³-hybridized carbons (Fsp3) is 0.357. The van der Waals surface area contributed by atoms with E-state index in [1.807, 2.05) is 0 Å². The van der Waals surface area contributed by atoms with Crippen molar-refractivity contribution in [3.63, 3.8) is 0 Å². The van der Waals surface area contributed by atoms with Crippen LogP contribution in [0.2, 0.25) is 0 Å². The molecule has 0 radical (unpaired) electrons. The van der Waals surface area contributed by atoms with Crippen LogP contribution in [0.4, 0.5) is 4.79 Å². The number of imide groups is 1. The number of carboxylic acid groups (broad SMARTS) is 1. The average molecular weight is 349 g/mol. The lowest BCUT2D eigenvalue weighted by Crippen LogP contribution is -2.69. The third kappa shape index (κ3) is 2.71. The molecule has 3 rings (SSSR count). The number of nitrogens with zero attached hydrogens (tertiary/aromatic N) is 1. The highest BCUT2D eigenvalue weighted by molar-refractivity contribution is 6.44. The summed E-state index contributed by atoms with van der Waals surface area (Å²) < 4.78 is 0. The number of carboxylic acids is 1. The van der Waals surface area contributed by atoms with E-state index in [0.717, 1.165) is 4.90 Å². The molecule has 11 heteroatoms. The van der Waals surface area contributed by atoms with Crippen molar-refractivity contribution in [1.82, 2.24) is 15.5 Å². The Kier molecular flexibility index (Phi) is 4.15. The molecule has 25 heavy (non-hydrogen) atoms. The lowest BCUT2D eigenvalue weighted by Gasteiger charge is -2.36. The van der Waals surface area contributed by atoms with Gasteiger partial charge in [0.25, 0.3) is 5.91 Å². The molecule has 0 saturated carbocycles. The molecule has 0 bridgehead atoms. The first-order chi connectivity index (χ1) is 11.8. The van der Waals surface area contributed by atoms with Crippen molar-refractivity contribution in [3.8, 4) is 5.75 Å². The lowest BCUT2D eigenvalue weighted by atomic mass is 9.74. The van der Waals surface area contributed by atoms with Gasteiger partial charge in [-0.3, -0.25) is 9.69 Å². The fourth-order valence-corrected chi connectivity index (χ4v) is 3.04. The number of para-hydroxylation sites is 1. The van der Waals surface area contributed by atoms with Crippen LogP contribution in [-0.2, 0) is 11.2 Å². The molecule has 0 aliphatic carbocycles. The molecule has 2 fully saturated rings. The Morgan fingerprint density at radius 2 is 2.00 bits per heavy atom. The monoisotopic (exact) mass is 349 g/mol. The number of phenols is 1. The first kappa shape index (κ1) is 17.2. The van der Waals surface area contributed by atoms with E-state index in [9.17, 15) is 29.5 Å². The topological polar surface area (TPSA) is 159 Å². The second kappa shape index (κ2) is 6.03. The van der Waals surface area contributed by atoms with Crippen LogP contribution in [-0.4, -0.2) is 74.8 Å². The fourth-order valence-electron chi connectivity index (χ4n) is 3.04. The number of carbonyl (C=O) groups excluding carboxylic acids is 2. The van der Waals surface area contributed by atoms with E-state index in [2.05, 4.69) is 10.6 Å². The van der Waals surface area contributed by atoms with Gasteiger partial charge < -0.3 is 30.9 Å². The minimum absolute atomic E-state index is 0.0753. The molecular weight excluding hydrogens is 333 g/mol. The number of carbonyl (C=O) groups is 3. The summed E-state index contributed by atoms with van der Waals surface area (Å²) in [5.74, 6) is -3.87. The second-order valence-corrected chi connectivity index (χ2v) is 6.09. The summed E-state index contributed by atoms with van der Waals surface area (Å²) in [5.41, 5.74) is -1.37. The Morgan fingerprint density at radius 3 is 2.48 bits per heavy atom. The minimum atomic E-state index is -2.06. The number of benzene rings is 1. The summed E-state index contributed by atoms with van der Waals surface area (Å²) in [6.07, 6.45) is -0.312. The molecule has 2 saturated heterocycles. The van der Waals surface area contributed by atoms with Gasteiger partial charge in [-0.05, 0) is 18.1 Å². The predicted molar refractivity (Wildman–Crippen MR) is 83.7 cm³/mol. The quantitative estimate of drug-likeness (QED) is 0.261. The molecule has 2 aliphatic heterocycles. The molecule has 10 nitrogen and oxygen atoms in total. The highest BCUT2D eigenvalue weighted by atomic mass is 16.4. The van der Waals surface area contributed by atoms with E-state index in [1.165, 1.54) is 18.2 Å². The van der Waals surface area contributed by atoms with Gasteiger partial charge in [-0.15, -0.1) is 0 Å². The first-order valence-electron chi connectivity index (χ1n) is 7.53. The molecule has 3 amide bonds. The molecule has 2 heterocycles. The Labute approximate surface area is 142 Å². The number of hydrogen-bond donors (Lipinski definition) is 6. The van der Waals surface area contributed by atoms with E-state index in [-0.39, 0.29) is 30.6 Å². The summed E-state index contributed by atoms with van der Waals surface area (Å²) in [6.45, 7) is 0.476. The third-order valence-electron chi connectivity index (χ3n) is 4.50. The van der Waals surface area contributed by atoms with Crippen LogP contribution in [0.3, 0.4) is 0 Å². The van der Waals surface area contributed by atoms with Gasteiger partial charge in [0.2, 0.25) is 0 Å². The van der Waals surface area contributed by atoms with Crippen molar-refractivity contribution in [2.75, 3.05) is 13.1 Å². The number of aromatic carboxylic acids is 1. The van der Waals surface area contributed by atoms with Gasteiger partial charge >= 0.3 is 19.1 Å². The first-order valence-corrected chi connectivity index (χ1v) is 7.53. The van der Waals surface area contributed by atoms with E-state index in [1.54, 1.807) is 0 Å². The van der Waals surface area contributed by atoms with Gasteiger partial charge in [0.05, 0.1) is 5.94 Å². The third-order valence-corrected chi connectivity index (χ3v) is 4.50. The smallest absolute Gasteiger partial charge is 0.476 e. The van der Waals surface area contributed by atoms with E-state index >= 15 is 0 Å². The SMILES string of the molecule is O=C(O)c1cccc(C[C@@H](B(O)O)N2C(=O)NC3(CNC3)C2=O)c1O. The van der Waals surface area contributed by atoms with E-state index in [4.69, 9.17) is 5.11 Å². The van der Waals surface area contributed by atoms with Gasteiger partial charge in [0, 0.05) is 13.1 Å². The van der Waals surface area contributed by atoms with Gasteiger partial charge in [-0.2, -0.15) is 0 Å². The largest absolute Gasteiger partial charge is 0.507 e. The normalized spacial score (nSPS) is 19.5. The zero-order chi connectivity index (χ0) is 18.4. The number of hydrogen-bond acceptors (Lipinski definition) is 7. The standard InChI is InChI=1S/C14H16BN3O7/c19-10-7(2-1-3-8(10)11(20)21)4-9(15(24)25)18-12(22)14(5-16-6-14)17-13(18)23/h1-3,9,16,19,24-25H,4-6H2,(H,17,23)(H,20,21)/t9-/m0/s1. The van der Waals surface area contributed by atoms with Gasteiger partial charge in [0.15, 0.2) is 0 Å². The maximum Gasteiger partial charge on any atom is 0.476 e. The molecule has 132 valence electrons. The van der Waals surface area contributed by atoms with Crippen LogP contribution in [0.25, 0.3) is 0 Å². The van der Waals surface area contributed by atoms with Crippen molar-refractivity contribution in [3.05, 3.63) is 29.3 Å². The van der Waals surface area contributed by atoms with Gasteiger partial charge in [0.1, 0.15) is 16.9 Å². The molecule has 1 spiro atoms. The predicted octanol–water partition coefficient (Wildman–Crippen LogP) is -2.09. The molecule has 6 N–H and O–H groups in total. The highest BCUT2D eigenvalue weighted by Crippen LogP contribution is 2.29. The summed E-state index contributed by atoms with van der Waals surface area (Å²) >= 11 is 0. The van der Waals surface area contributed by atoms with Crippen molar-refractivity contribution >= 4 is 25.0 Å². The molecule has 0 aromatic heterocycles. The Morgan fingerprint density at radius 1 is 1.32 bits per heavy atom. The Hall–Kier alpha value is -2.63. The summed E-state index contributed by atoms with van der Waals surface area (Å²) in [7, 11) is -2.06. The lowest BCUT2D eigenvalue weighted by molar-refractivity contribution is -0.133. The number of aromatic hydroxyl groups is 1. The summed E-state index contributed by atoms with van der Waals surface area (Å²) in [6, 6.07) is 3.19. The highest BCUT2D eigenvalue weighted by Gasteiger charge is 2.58. The zero-order valence-corrected chi connectivity index (χ0v) is 13.0. The maximum absolute atomic E-state index is 12.5. The van der Waals surface area contributed by atoms with Gasteiger partial charge in [-0.25, -0.2) is 9.59 Å². The molecule has 0 unspecified atom stereocenters. The van der Waals surface area contributed by atoms with Crippen LogP contribution >= 0.6 is 0 Å². The van der Waals surface area contributed by atoms with Crippen molar-refractivity contribution < 1.29 is 34.6 Å². The number of rotatable bonds is 5. The van der Waals surface area contributed by atoms with E-state index in [0.29, 0.717) is 0 Å². The maximum atomic E-state index is 12.5. The Balaban J connectivity index is 1.91. The minimum Gasteiger partial charge on any atom is -0.507 e. The summed E-state index contributed by atoms with van der Waals surface area (Å²) in [5, 5.41) is 43.8. The van der Waals surface area contributed by atoms with Crippen LogP contribution in [0.1, 0.15) is 15.9 Å². The van der Waals surface area contributed by atoms with Crippen LogP contribution in [0.15, 0.2) is 18.2 Å². The number of amides is 3. The van der Waals surface area contributed by atoms with Crippen molar-refractivity contribution in [1.29, 1.82) is 0 Å². The van der Waals surface area contributed by atoms with Crippen molar-refractivity contribution in [2.24, 2.45) is 0 Å². The van der Waals surface area contributed by atoms with E-state index < -0.39 is 42.3 Å². The van der Waals surface area contributed by atoms with Crippen molar-refractivity contribution in [2.45, 2.75) is 17.9 Å².